The zero-order valence-electron chi connectivity index (χ0n) is 12.8. The van der Waals surface area contributed by atoms with E-state index in [1.807, 2.05) is 24.3 Å². The van der Waals surface area contributed by atoms with Crippen molar-refractivity contribution in [2.24, 2.45) is 0 Å². The van der Waals surface area contributed by atoms with Crippen LogP contribution >= 0.6 is 23.2 Å². The Hall–Kier alpha value is -2.31. The first-order valence-electron chi connectivity index (χ1n) is 7.16. The first-order chi connectivity index (χ1) is 11.7. The summed E-state index contributed by atoms with van der Waals surface area (Å²) in [5, 5.41) is 13.3. The summed E-state index contributed by atoms with van der Waals surface area (Å²) in [6, 6.07) is 12.7. The molecule has 1 aromatic heterocycles. The summed E-state index contributed by atoms with van der Waals surface area (Å²) in [7, 11) is 1.61. The zero-order chi connectivity index (χ0) is 16.9. The number of hydrogen-bond acceptors (Lipinski definition) is 5. The Morgan fingerprint density at radius 2 is 1.83 bits per heavy atom. The highest BCUT2D eigenvalue weighted by molar-refractivity contribution is 6.37. The van der Waals surface area contributed by atoms with Gasteiger partial charge in [0.2, 0.25) is 5.82 Å². The highest BCUT2D eigenvalue weighted by Gasteiger charge is 2.09. The normalized spacial score (nSPS) is 10.6. The number of para-hydroxylation sites is 1. The molecule has 0 aliphatic carbocycles. The molecule has 0 aliphatic rings. The van der Waals surface area contributed by atoms with E-state index < -0.39 is 0 Å². The van der Waals surface area contributed by atoms with E-state index in [0.29, 0.717) is 34.8 Å². The first-order valence-corrected chi connectivity index (χ1v) is 7.92. The first kappa shape index (κ1) is 16.5. The van der Waals surface area contributed by atoms with Gasteiger partial charge < -0.3 is 9.47 Å². The summed E-state index contributed by atoms with van der Waals surface area (Å²) in [6.45, 7) is 0.732. The Bertz CT molecular complexity index is 818. The van der Waals surface area contributed by atoms with E-state index in [9.17, 15) is 0 Å². The van der Waals surface area contributed by atoms with Crippen molar-refractivity contribution in [2.45, 2.75) is 6.54 Å². The maximum atomic E-state index is 6.05. The molecule has 0 amide bonds. The van der Waals surface area contributed by atoms with Crippen LogP contribution in [0.15, 0.2) is 42.5 Å². The Morgan fingerprint density at radius 1 is 1.08 bits per heavy atom. The molecular formula is C16H14Cl2N4O2. The van der Waals surface area contributed by atoms with E-state index in [1.54, 1.807) is 25.3 Å². The largest absolute Gasteiger partial charge is 0.497 e. The SMILES string of the molecule is COc1cccc(-c2nnn(CCOc3c(Cl)cccc3Cl)n2)c1. The smallest absolute Gasteiger partial charge is 0.205 e. The fourth-order valence-electron chi connectivity index (χ4n) is 2.07. The topological polar surface area (TPSA) is 62.1 Å². The van der Waals surface area contributed by atoms with E-state index in [-0.39, 0.29) is 0 Å². The van der Waals surface area contributed by atoms with Gasteiger partial charge in [0.1, 0.15) is 12.4 Å². The Morgan fingerprint density at radius 3 is 2.58 bits per heavy atom. The van der Waals surface area contributed by atoms with E-state index in [4.69, 9.17) is 32.7 Å². The van der Waals surface area contributed by atoms with Gasteiger partial charge in [-0.2, -0.15) is 4.80 Å². The van der Waals surface area contributed by atoms with Crippen molar-refractivity contribution in [3.8, 4) is 22.9 Å². The van der Waals surface area contributed by atoms with E-state index >= 15 is 0 Å². The minimum atomic E-state index is 0.317. The lowest BCUT2D eigenvalue weighted by atomic mass is 10.2. The van der Waals surface area contributed by atoms with Gasteiger partial charge in [-0.3, -0.25) is 0 Å². The second-order valence-electron chi connectivity index (χ2n) is 4.84. The van der Waals surface area contributed by atoms with Crippen molar-refractivity contribution in [3.05, 3.63) is 52.5 Å². The number of rotatable bonds is 6. The quantitative estimate of drug-likeness (QED) is 0.666. The number of methoxy groups -OCH3 is 1. The predicted octanol–water partition coefficient (Wildman–Crippen LogP) is 3.73. The molecule has 6 nitrogen and oxygen atoms in total. The number of hydrogen-bond donors (Lipinski definition) is 0. The maximum absolute atomic E-state index is 6.05. The van der Waals surface area contributed by atoms with Crippen LogP contribution in [0.2, 0.25) is 10.0 Å². The van der Waals surface area contributed by atoms with Gasteiger partial charge in [-0.1, -0.05) is 41.4 Å². The minimum absolute atomic E-state index is 0.317. The molecule has 0 saturated carbocycles. The number of halogens is 2. The average Bonchev–Trinajstić information content (AvgIpc) is 3.06. The summed E-state index contributed by atoms with van der Waals surface area (Å²) >= 11 is 12.1. The summed E-state index contributed by atoms with van der Waals surface area (Å²) in [6.07, 6.45) is 0. The zero-order valence-corrected chi connectivity index (χ0v) is 14.3. The third kappa shape index (κ3) is 3.77. The van der Waals surface area contributed by atoms with Gasteiger partial charge in [0, 0.05) is 5.56 Å². The fraction of sp³-hybridized carbons (Fsp3) is 0.188. The lowest BCUT2D eigenvalue weighted by Crippen LogP contribution is -2.11. The molecule has 0 bridgehead atoms. The van der Waals surface area contributed by atoms with Crippen LogP contribution in [0.25, 0.3) is 11.4 Å². The third-order valence-corrected chi connectivity index (χ3v) is 3.83. The van der Waals surface area contributed by atoms with Crippen LogP contribution in [0, 0.1) is 0 Å². The highest BCUT2D eigenvalue weighted by atomic mass is 35.5. The van der Waals surface area contributed by atoms with Crippen LogP contribution in [0.1, 0.15) is 0 Å². The molecule has 1 heterocycles. The van der Waals surface area contributed by atoms with Crippen molar-refractivity contribution in [3.63, 3.8) is 0 Å². The number of nitrogens with zero attached hydrogens (tertiary/aromatic N) is 4. The van der Waals surface area contributed by atoms with Crippen LogP contribution in [-0.2, 0) is 6.54 Å². The summed E-state index contributed by atoms with van der Waals surface area (Å²) in [5.41, 5.74) is 0.829. The molecule has 3 rings (SSSR count). The van der Waals surface area contributed by atoms with Crippen LogP contribution < -0.4 is 9.47 Å². The lowest BCUT2D eigenvalue weighted by Gasteiger charge is -2.08. The molecule has 0 fully saturated rings. The molecule has 0 N–H and O–H groups in total. The predicted molar refractivity (Wildman–Crippen MR) is 91.8 cm³/mol. The molecule has 0 spiro atoms. The van der Waals surface area contributed by atoms with Gasteiger partial charge in [0.05, 0.1) is 23.7 Å². The number of aromatic nitrogens is 4. The summed E-state index contributed by atoms with van der Waals surface area (Å²) in [5.74, 6) is 1.71. The van der Waals surface area contributed by atoms with Crippen molar-refractivity contribution in [1.82, 2.24) is 20.2 Å². The van der Waals surface area contributed by atoms with Gasteiger partial charge in [-0.05, 0) is 29.5 Å². The molecule has 0 atom stereocenters. The van der Waals surface area contributed by atoms with Gasteiger partial charge >= 0.3 is 0 Å². The van der Waals surface area contributed by atoms with Gasteiger partial charge in [0.25, 0.3) is 0 Å². The van der Waals surface area contributed by atoms with Crippen LogP contribution in [0.4, 0.5) is 0 Å². The maximum Gasteiger partial charge on any atom is 0.205 e. The van der Waals surface area contributed by atoms with E-state index in [2.05, 4.69) is 15.4 Å². The lowest BCUT2D eigenvalue weighted by molar-refractivity contribution is 0.280. The van der Waals surface area contributed by atoms with E-state index in [0.717, 1.165) is 11.3 Å². The minimum Gasteiger partial charge on any atom is -0.497 e. The third-order valence-electron chi connectivity index (χ3n) is 3.24. The number of benzene rings is 2. The molecule has 8 heteroatoms. The number of tetrazole rings is 1. The molecule has 3 aromatic rings. The molecule has 2 aromatic carbocycles. The molecule has 0 radical (unpaired) electrons. The monoisotopic (exact) mass is 364 g/mol. The molecule has 0 saturated heterocycles. The van der Waals surface area contributed by atoms with Gasteiger partial charge in [-0.15, -0.1) is 10.2 Å². The summed E-state index contributed by atoms with van der Waals surface area (Å²) in [4.78, 5) is 1.46. The standard InChI is InChI=1S/C16H14Cl2N4O2/c1-23-12-5-2-4-11(10-12)16-19-21-22(20-16)8-9-24-15-13(17)6-3-7-14(15)18/h2-7,10H,8-9H2,1H3. The average molecular weight is 365 g/mol. The Labute approximate surface area is 148 Å². The van der Waals surface area contributed by atoms with Gasteiger partial charge in [-0.25, -0.2) is 0 Å². The second kappa shape index (κ2) is 7.51. The van der Waals surface area contributed by atoms with Crippen LogP contribution in [0.3, 0.4) is 0 Å². The Balaban J connectivity index is 1.64. The molecular weight excluding hydrogens is 351 g/mol. The molecule has 0 aliphatic heterocycles. The highest BCUT2D eigenvalue weighted by Crippen LogP contribution is 2.32. The van der Waals surface area contributed by atoms with Crippen molar-refractivity contribution in [1.29, 1.82) is 0 Å². The van der Waals surface area contributed by atoms with Crippen LogP contribution in [0.5, 0.6) is 11.5 Å². The van der Waals surface area contributed by atoms with Crippen molar-refractivity contribution in [2.75, 3.05) is 13.7 Å². The summed E-state index contributed by atoms with van der Waals surface area (Å²) < 4.78 is 10.8. The van der Waals surface area contributed by atoms with Crippen LogP contribution in [-0.4, -0.2) is 33.9 Å². The van der Waals surface area contributed by atoms with Gasteiger partial charge in [0.15, 0.2) is 5.75 Å². The molecule has 124 valence electrons. The fourth-order valence-corrected chi connectivity index (χ4v) is 2.57. The second-order valence-corrected chi connectivity index (χ2v) is 5.65. The Kier molecular flexibility index (Phi) is 5.17. The van der Waals surface area contributed by atoms with Crippen molar-refractivity contribution < 1.29 is 9.47 Å². The van der Waals surface area contributed by atoms with Crippen molar-refractivity contribution >= 4 is 23.2 Å². The molecule has 24 heavy (non-hydrogen) atoms. The van der Waals surface area contributed by atoms with E-state index in [1.165, 1.54) is 4.80 Å². The molecule has 0 unspecified atom stereocenters. The number of ether oxygens (including phenoxy) is 2.